The summed E-state index contributed by atoms with van der Waals surface area (Å²) in [4.78, 5) is 0. The van der Waals surface area contributed by atoms with Gasteiger partial charge in [-0.2, -0.15) is 0 Å². The normalized spacial score (nSPS) is 10.8. The van der Waals surface area contributed by atoms with Crippen LogP contribution in [0.25, 0.3) is 0 Å². The maximum Gasteiger partial charge on any atom is -0.0129 e. The third-order valence-corrected chi connectivity index (χ3v) is 2.54. The number of hydrogen-bond donors (Lipinski definition) is 0. The predicted octanol–water partition coefficient (Wildman–Crippen LogP) is 11.1. The molecule has 0 fully saturated rings. The van der Waals surface area contributed by atoms with Gasteiger partial charge in [0.15, 0.2) is 0 Å². The Morgan fingerprint density at radius 2 is 0.552 bits per heavy atom. The lowest BCUT2D eigenvalue weighted by molar-refractivity contribution is 0.469. The number of rotatable bonds is 0. The molecule has 0 aliphatic rings. The van der Waals surface area contributed by atoms with Crippen molar-refractivity contribution in [1.29, 1.82) is 0 Å². The molecule has 1 aromatic carbocycles. The van der Waals surface area contributed by atoms with Crippen LogP contribution in [0.5, 0.6) is 0 Å². The van der Waals surface area contributed by atoms with Crippen molar-refractivity contribution in [1.82, 2.24) is 0 Å². The molecule has 0 N–H and O–H groups in total. The van der Waals surface area contributed by atoms with Gasteiger partial charge in [-0.05, 0) is 32.8 Å². The van der Waals surface area contributed by atoms with Crippen molar-refractivity contribution in [2.24, 2.45) is 10.8 Å². The van der Waals surface area contributed by atoms with Gasteiger partial charge in [-0.15, -0.1) is 0 Å². The van der Waals surface area contributed by atoms with Crippen molar-refractivity contribution in [2.75, 3.05) is 0 Å². The molecule has 0 aliphatic carbocycles. The zero-order valence-corrected chi connectivity index (χ0v) is 23.3. The minimum atomic E-state index is 0. The van der Waals surface area contributed by atoms with Gasteiger partial charge in [0.2, 0.25) is 0 Å². The van der Waals surface area contributed by atoms with E-state index in [4.69, 9.17) is 0 Å². The van der Waals surface area contributed by atoms with E-state index >= 15 is 0 Å². The topological polar surface area (TPSA) is 0 Å². The van der Waals surface area contributed by atoms with E-state index in [1.165, 1.54) is 11.1 Å². The third kappa shape index (κ3) is 35.1. The fourth-order valence-electron chi connectivity index (χ4n) is 1.79. The average Bonchev–Trinajstić information content (AvgIpc) is 2.46. The van der Waals surface area contributed by atoms with E-state index in [0.29, 0.717) is 10.8 Å². The maximum absolute atomic E-state index is 2.28. The average molecular weight is 411 g/mol. The fraction of sp³-hybridized carbons (Fsp3) is 0.793. The van der Waals surface area contributed by atoms with Crippen LogP contribution in [0.2, 0.25) is 0 Å². The molecule has 1 aromatic rings. The second-order valence-electron chi connectivity index (χ2n) is 12.0. The molecule has 0 atom stereocenters. The van der Waals surface area contributed by atoms with Crippen LogP contribution >= 0.6 is 0 Å². The molecule has 1 rings (SSSR count). The fourth-order valence-corrected chi connectivity index (χ4v) is 1.79. The number of benzene rings is 1. The van der Waals surface area contributed by atoms with Crippen molar-refractivity contribution < 1.29 is 0 Å². The van der Waals surface area contributed by atoms with Gasteiger partial charge in [0.05, 0.1) is 0 Å². The first kappa shape index (κ1) is 38.8. The molecule has 0 aromatic heterocycles. The minimum absolute atomic E-state index is 0. The van der Waals surface area contributed by atoms with E-state index in [0.717, 1.165) is 0 Å². The van der Waals surface area contributed by atoms with Crippen LogP contribution in [0.4, 0.5) is 0 Å². The van der Waals surface area contributed by atoms with Crippen LogP contribution < -0.4 is 0 Å². The Morgan fingerprint density at radius 1 is 0.414 bits per heavy atom. The summed E-state index contributed by atoms with van der Waals surface area (Å²) in [7, 11) is 0. The molecule has 0 heterocycles. The van der Waals surface area contributed by atoms with Gasteiger partial charge in [-0.25, -0.2) is 0 Å². The molecule has 0 radical (unpaired) electrons. The lowest BCUT2D eigenvalue weighted by Crippen LogP contribution is -2.21. The van der Waals surface area contributed by atoms with Gasteiger partial charge < -0.3 is 0 Å². The Labute approximate surface area is 189 Å². The Kier molecular flexibility index (Phi) is 22.7. The highest BCUT2D eigenvalue weighted by Crippen LogP contribution is 2.33. The lowest BCUT2D eigenvalue weighted by atomic mass is 9.75. The highest BCUT2D eigenvalue weighted by atomic mass is 14.3. The lowest BCUT2D eigenvalue weighted by Gasteiger charge is -2.29. The summed E-state index contributed by atoms with van der Waals surface area (Å²) in [5.74, 6) is 0. The van der Waals surface area contributed by atoms with Crippen LogP contribution in [-0.2, 0) is 10.8 Å². The summed E-state index contributed by atoms with van der Waals surface area (Å²) < 4.78 is 0. The standard InChI is InChI=1S/C14H22.2C5H12.2C2H6.CH4/c1-13(2,3)11-9-7-8-10-12(11)14(4,5)6;2*1-5(2,3)4;2*1-2;/h7-10H,1-6H3;2*1-4H3;2*1-2H3;1H4. The molecule has 29 heavy (non-hydrogen) atoms. The molecule has 0 bridgehead atoms. The SMILES string of the molecule is C.CC.CC.CC(C)(C)C.CC(C)(C)C.CC(C)(C)c1ccccc1C(C)(C)C. The molecule has 0 amide bonds. The van der Waals surface area contributed by atoms with Crippen LogP contribution in [0, 0.1) is 10.8 Å². The van der Waals surface area contributed by atoms with Gasteiger partial charge in [-0.3, -0.25) is 0 Å². The van der Waals surface area contributed by atoms with Gasteiger partial charge >= 0.3 is 0 Å². The first-order valence-corrected chi connectivity index (χ1v) is 11.3. The quantitative estimate of drug-likeness (QED) is 0.399. The summed E-state index contributed by atoms with van der Waals surface area (Å²) in [6.07, 6.45) is 0. The van der Waals surface area contributed by atoms with E-state index in [1.54, 1.807) is 0 Å². The van der Waals surface area contributed by atoms with Crippen LogP contribution in [0.1, 0.15) is 143 Å². The third-order valence-electron chi connectivity index (χ3n) is 2.54. The van der Waals surface area contributed by atoms with E-state index in [-0.39, 0.29) is 18.3 Å². The molecule has 0 saturated heterocycles. The Bertz CT molecular complexity index is 394. The highest BCUT2D eigenvalue weighted by molar-refractivity contribution is 5.37. The van der Waals surface area contributed by atoms with Gasteiger partial charge in [0.25, 0.3) is 0 Å². The van der Waals surface area contributed by atoms with E-state index < -0.39 is 0 Å². The van der Waals surface area contributed by atoms with Gasteiger partial charge in [-0.1, -0.05) is 156 Å². The molecule has 178 valence electrons. The Morgan fingerprint density at radius 3 is 0.655 bits per heavy atom. The predicted molar refractivity (Wildman–Crippen MR) is 144 cm³/mol. The zero-order valence-electron chi connectivity index (χ0n) is 23.3. The summed E-state index contributed by atoms with van der Waals surface area (Å²) in [6.45, 7) is 39.2. The van der Waals surface area contributed by atoms with Crippen LogP contribution in [-0.4, -0.2) is 0 Å². The summed E-state index contributed by atoms with van der Waals surface area (Å²) in [6, 6.07) is 8.77. The van der Waals surface area contributed by atoms with Crippen LogP contribution in [0.15, 0.2) is 24.3 Å². The Balaban J connectivity index is -0.000000107. The second-order valence-corrected chi connectivity index (χ2v) is 12.0. The molecule has 0 nitrogen and oxygen atoms in total. The van der Waals surface area contributed by atoms with E-state index in [1.807, 2.05) is 27.7 Å². The molecule has 0 heteroatoms. The van der Waals surface area contributed by atoms with Crippen molar-refractivity contribution >= 4 is 0 Å². The molecule has 0 unspecified atom stereocenters. The van der Waals surface area contributed by atoms with E-state index in [2.05, 4.69) is 121 Å². The second kappa shape index (κ2) is 17.0. The first-order valence-electron chi connectivity index (χ1n) is 11.3. The highest BCUT2D eigenvalue weighted by Gasteiger charge is 2.23. The zero-order chi connectivity index (χ0) is 24.0. The molecule has 0 aliphatic heterocycles. The minimum Gasteiger partial charge on any atom is -0.0776 e. The summed E-state index contributed by atoms with van der Waals surface area (Å²) in [5.41, 5.74) is 4.41. The molecule has 0 saturated carbocycles. The van der Waals surface area contributed by atoms with E-state index in [9.17, 15) is 0 Å². The molecule has 0 spiro atoms. The maximum atomic E-state index is 2.28. The molecular weight excluding hydrogens is 348 g/mol. The van der Waals surface area contributed by atoms with Gasteiger partial charge in [0, 0.05) is 0 Å². The monoisotopic (exact) mass is 410 g/mol. The van der Waals surface area contributed by atoms with Gasteiger partial charge in [0.1, 0.15) is 0 Å². The van der Waals surface area contributed by atoms with Crippen molar-refractivity contribution in [3.8, 4) is 0 Å². The smallest absolute Gasteiger partial charge is 0.0129 e. The van der Waals surface area contributed by atoms with Crippen LogP contribution in [0.3, 0.4) is 0 Å². The van der Waals surface area contributed by atoms with Crippen molar-refractivity contribution in [2.45, 2.75) is 143 Å². The first-order chi connectivity index (χ1) is 12.2. The summed E-state index contributed by atoms with van der Waals surface area (Å²) in [5, 5.41) is 0. The Hall–Kier alpha value is -0.780. The van der Waals surface area contributed by atoms with Crippen molar-refractivity contribution in [3.63, 3.8) is 0 Å². The van der Waals surface area contributed by atoms with Crippen molar-refractivity contribution in [3.05, 3.63) is 35.4 Å². The number of hydrogen-bond acceptors (Lipinski definition) is 0. The largest absolute Gasteiger partial charge is 0.0776 e. The summed E-state index contributed by atoms with van der Waals surface area (Å²) >= 11 is 0. The molecular formula is C29H62.